The van der Waals surface area contributed by atoms with Crippen molar-refractivity contribution in [1.29, 1.82) is 0 Å². The molecule has 1 aliphatic rings. The zero-order valence-electron chi connectivity index (χ0n) is 9.20. The van der Waals surface area contributed by atoms with Gasteiger partial charge in [-0.05, 0) is 19.1 Å². The highest BCUT2D eigenvalue weighted by Crippen LogP contribution is 2.22. The van der Waals surface area contributed by atoms with Crippen LogP contribution in [0.1, 0.15) is 13.3 Å². The van der Waals surface area contributed by atoms with E-state index in [-0.39, 0.29) is 0 Å². The number of hydrogen-bond donors (Lipinski definition) is 1. The first-order chi connectivity index (χ1) is 7.68. The SMILES string of the molecule is CC1(CCNc2ccc(Cl)cn2)OCCO1. The molecule has 0 atom stereocenters. The summed E-state index contributed by atoms with van der Waals surface area (Å²) in [5.41, 5.74) is 0. The summed E-state index contributed by atoms with van der Waals surface area (Å²) in [6, 6.07) is 3.65. The van der Waals surface area contributed by atoms with Crippen molar-refractivity contribution in [1.82, 2.24) is 4.98 Å². The molecular weight excluding hydrogens is 228 g/mol. The number of halogens is 1. The van der Waals surface area contributed by atoms with E-state index in [4.69, 9.17) is 21.1 Å². The number of ether oxygens (including phenoxy) is 2. The van der Waals surface area contributed by atoms with E-state index in [9.17, 15) is 0 Å². The number of rotatable bonds is 4. The minimum Gasteiger partial charge on any atom is -0.370 e. The van der Waals surface area contributed by atoms with Crippen LogP contribution in [0.25, 0.3) is 0 Å². The molecule has 0 amide bonds. The van der Waals surface area contributed by atoms with Gasteiger partial charge in [-0.1, -0.05) is 11.6 Å². The summed E-state index contributed by atoms with van der Waals surface area (Å²) in [6.45, 7) is 4.06. The van der Waals surface area contributed by atoms with Crippen LogP contribution >= 0.6 is 11.6 Å². The molecule has 4 nitrogen and oxygen atoms in total. The molecule has 2 rings (SSSR count). The number of nitrogens with one attached hydrogen (secondary N) is 1. The van der Waals surface area contributed by atoms with Crippen molar-refractivity contribution < 1.29 is 9.47 Å². The molecule has 1 aromatic heterocycles. The van der Waals surface area contributed by atoms with Crippen molar-refractivity contribution in [3.8, 4) is 0 Å². The van der Waals surface area contributed by atoms with Gasteiger partial charge < -0.3 is 14.8 Å². The van der Waals surface area contributed by atoms with E-state index in [2.05, 4.69) is 10.3 Å². The van der Waals surface area contributed by atoms with Gasteiger partial charge in [-0.2, -0.15) is 0 Å². The molecule has 0 saturated carbocycles. The van der Waals surface area contributed by atoms with Gasteiger partial charge in [0.05, 0.1) is 18.2 Å². The van der Waals surface area contributed by atoms with Crippen molar-refractivity contribution in [2.45, 2.75) is 19.1 Å². The van der Waals surface area contributed by atoms with Crippen LogP contribution in [-0.2, 0) is 9.47 Å². The van der Waals surface area contributed by atoms with Gasteiger partial charge in [0.15, 0.2) is 5.79 Å². The third-order valence-electron chi connectivity index (χ3n) is 2.51. The van der Waals surface area contributed by atoms with E-state index in [0.29, 0.717) is 18.2 Å². The van der Waals surface area contributed by atoms with E-state index in [1.165, 1.54) is 0 Å². The normalized spacial score (nSPS) is 18.6. The van der Waals surface area contributed by atoms with Crippen LogP contribution in [-0.4, -0.2) is 30.5 Å². The molecule has 1 aliphatic heterocycles. The molecule has 16 heavy (non-hydrogen) atoms. The van der Waals surface area contributed by atoms with Gasteiger partial charge in [0, 0.05) is 19.2 Å². The smallest absolute Gasteiger partial charge is 0.167 e. The fraction of sp³-hybridized carbons (Fsp3) is 0.545. The average Bonchev–Trinajstić information content (AvgIpc) is 2.69. The summed E-state index contributed by atoms with van der Waals surface area (Å²) < 4.78 is 11.0. The second-order valence-electron chi connectivity index (χ2n) is 3.87. The summed E-state index contributed by atoms with van der Waals surface area (Å²) >= 11 is 5.74. The van der Waals surface area contributed by atoms with Crippen molar-refractivity contribution in [3.05, 3.63) is 23.4 Å². The van der Waals surface area contributed by atoms with Crippen LogP contribution in [0.4, 0.5) is 5.82 Å². The van der Waals surface area contributed by atoms with Crippen LogP contribution in [0.3, 0.4) is 0 Å². The third-order valence-corrected chi connectivity index (χ3v) is 2.73. The van der Waals surface area contributed by atoms with E-state index in [0.717, 1.165) is 18.8 Å². The molecule has 0 spiro atoms. The third kappa shape index (κ3) is 3.07. The van der Waals surface area contributed by atoms with Crippen molar-refractivity contribution in [2.75, 3.05) is 25.1 Å². The van der Waals surface area contributed by atoms with Crippen LogP contribution in [0.15, 0.2) is 18.3 Å². The molecule has 1 fully saturated rings. The van der Waals surface area contributed by atoms with E-state index < -0.39 is 5.79 Å². The standard InChI is InChI=1S/C11H15ClN2O2/c1-11(15-6-7-16-11)4-5-13-10-3-2-9(12)8-14-10/h2-3,8H,4-7H2,1H3,(H,13,14). The summed E-state index contributed by atoms with van der Waals surface area (Å²) in [5, 5.41) is 3.83. The first kappa shape index (κ1) is 11.6. The van der Waals surface area contributed by atoms with Gasteiger partial charge in [-0.15, -0.1) is 0 Å². The molecule has 1 saturated heterocycles. The monoisotopic (exact) mass is 242 g/mol. The molecule has 0 aliphatic carbocycles. The molecule has 2 heterocycles. The van der Waals surface area contributed by atoms with Gasteiger partial charge in [-0.25, -0.2) is 4.98 Å². The maximum Gasteiger partial charge on any atom is 0.167 e. The maximum atomic E-state index is 5.74. The Morgan fingerprint density at radius 1 is 1.44 bits per heavy atom. The fourth-order valence-corrected chi connectivity index (χ4v) is 1.71. The topological polar surface area (TPSA) is 43.4 Å². The Hall–Kier alpha value is -0.840. The van der Waals surface area contributed by atoms with Crippen molar-refractivity contribution in [3.63, 3.8) is 0 Å². The average molecular weight is 243 g/mol. The molecule has 0 radical (unpaired) electrons. The lowest BCUT2D eigenvalue weighted by molar-refractivity contribution is -0.144. The lowest BCUT2D eigenvalue weighted by atomic mass is 10.2. The Labute approximate surface area is 99.9 Å². The summed E-state index contributed by atoms with van der Waals surface area (Å²) in [6.07, 6.45) is 2.41. The quantitative estimate of drug-likeness (QED) is 0.880. The largest absolute Gasteiger partial charge is 0.370 e. The van der Waals surface area contributed by atoms with E-state index in [1.807, 2.05) is 13.0 Å². The molecule has 0 bridgehead atoms. The zero-order chi connectivity index (χ0) is 11.4. The lowest BCUT2D eigenvalue weighted by Crippen LogP contribution is -2.28. The summed E-state index contributed by atoms with van der Waals surface area (Å²) in [5.74, 6) is 0.366. The Bertz CT molecular complexity index is 336. The van der Waals surface area contributed by atoms with Gasteiger partial charge in [0.25, 0.3) is 0 Å². The van der Waals surface area contributed by atoms with Crippen LogP contribution in [0.5, 0.6) is 0 Å². The predicted molar refractivity (Wildman–Crippen MR) is 62.7 cm³/mol. The van der Waals surface area contributed by atoms with E-state index in [1.54, 1.807) is 12.3 Å². The van der Waals surface area contributed by atoms with Crippen LogP contribution < -0.4 is 5.32 Å². The summed E-state index contributed by atoms with van der Waals surface area (Å²) in [4.78, 5) is 4.14. The Morgan fingerprint density at radius 3 is 2.81 bits per heavy atom. The van der Waals surface area contributed by atoms with Crippen molar-refractivity contribution >= 4 is 17.4 Å². The number of hydrogen-bond acceptors (Lipinski definition) is 4. The minimum atomic E-state index is -0.445. The highest BCUT2D eigenvalue weighted by atomic mass is 35.5. The van der Waals surface area contributed by atoms with Gasteiger partial charge in [-0.3, -0.25) is 0 Å². The highest BCUT2D eigenvalue weighted by Gasteiger charge is 2.30. The number of anilines is 1. The highest BCUT2D eigenvalue weighted by molar-refractivity contribution is 6.30. The second-order valence-corrected chi connectivity index (χ2v) is 4.31. The molecule has 1 aromatic rings. The number of nitrogens with zero attached hydrogens (tertiary/aromatic N) is 1. The van der Waals surface area contributed by atoms with Crippen molar-refractivity contribution in [2.24, 2.45) is 0 Å². The Morgan fingerprint density at radius 2 is 2.19 bits per heavy atom. The lowest BCUT2D eigenvalue weighted by Gasteiger charge is -2.22. The van der Waals surface area contributed by atoms with E-state index >= 15 is 0 Å². The van der Waals surface area contributed by atoms with Gasteiger partial charge in [0.1, 0.15) is 5.82 Å². The molecule has 88 valence electrons. The Balaban J connectivity index is 1.77. The number of pyridine rings is 1. The predicted octanol–water partition coefficient (Wildman–Crippen LogP) is 2.30. The first-order valence-electron chi connectivity index (χ1n) is 5.31. The van der Waals surface area contributed by atoms with Gasteiger partial charge >= 0.3 is 0 Å². The first-order valence-corrected chi connectivity index (χ1v) is 5.69. The maximum absolute atomic E-state index is 5.74. The van der Waals surface area contributed by atoms with Crippen LogP contribution in [0, 0.1) is 0 Å². The molecule has 5 heteroatoms. The fourth-order valence-electron chi connectivity index (χ4n) is 1.60. The van der Waals surface area contributed by atoms with Gasteiger partial charge in [0.2, 0.25) is 0 Å². The molecule has 0 aromatic carbocycles. The second kappa shape index (κ2) is 4.99. The minimum absolute atomic E-state index is 0.445. The zero-order valence-corrected chi connectivity index (χ0v) is 9.96. The van der Waals surface area contributed by atoms with Crippen LogP contribution in [0.2, 0.25) is 5.02 Å². The molecular formula is C11H15ClN2O2. The molecule has 0 unspecified atom stereocenters. The number of aromatic nitrogens is 1. The summed E-state index contributed by atoms with van der Waals surface area (Å²) in [7, 11) is 0. The Kier molecular flexibility index (Phi) is 3.63. The molecule has 1 N–H and O–H groups in total.